The van der Waals surface area contributed by atoms with Crippen molar-refractivity contribution < 1.29 is 13.2 Å². The number of aromatic nitrogens is 3. The lowest BCUT2D eigenvalue weighted by Crippen LogP contribution is -2.06. The van der Waals surface area contributed by atoms with E-state index >= 15 is 0 Å². The highest BCUT2D eigenvalue weighted by Crippen LogP contribution is 2.36. The molecule has 0 atom stereocenters. The average molecular weight is 394 g/mol. The summed E-state index contributed by atoms with van der Waals surface area (Å²) in [6, 6.07) is 14.8. The Labute approximate surface area is 165 Å². The van der Waals surface area contributed by atoms with Crippen molar-refractivity contribution in [2.24, 2.45) is 0 Å². The molecule has 4 nitrogen and oxygen atoms in total. The zero-order chi connectivity index (χ0) is 20.4. The van der Waals surface area contributed by atoms with Gasteiger partial charge in [-0.25, -0.2) is 9.97 Å². The van der Waals surface area contributed by atoms with Crippen LogP contribution in [0.15, 0.2) is 79.8 Å². The monoisotopic (exact) mass is 394 g/mol. The second-order valence-electron chi connectivity index (χ2n) is 6.42. The number of anilines is 1. The maximum absolute atomic E-state index is 13.2. The first-order valence-corrected chi connectivity index (χ1v) is 8.93. The molecule has 0 fully saturated rings. The van der Waals surface area contributed by atoms with Crippen LogP contribution >= 0.6 is 0 Å². The molecule has 0 saturated carbocycles. The van der Waals surface area contributed by atoms with Crippen LogP contribution in [0.2, 0.25) is 0 Å². The molecule has 146 valence electrons. The predicted octanol–water partition coefficient (Wildman–Crippen LogP) is 5.70. The number of benzene rings is 2. The number of hydrogen-bond acceptors (Lipinski definition) is 3. The molecule has 0 saturated heterocycles. The Bertz CT molecular complexity index is 1160. The van der Waals surface area contributed by atoms with Gasteiger partial charge in [-0.3, -0.25) is 0 Å². The van der Waals surface area contributed by atoms with Crippen molar-refractivity contribution in [2.75, 3.05) is 11.9 Å². The molecule has 0 unspecified atom stereocenters. The summed E-state index contributed by atoms with van der Waals surface area (Å²) in [5.74, 6) is 0.597. The van der Waals surface area contributed by atoms with E-state index < -0.39 is 11.7 Å². The predicted molar refractivity (Wildman–Crippen MR) is 108 cm³/mol. The van der Waals surface area contributed by atoms with Gasteiger partial charge in [-0.2, -0.15) is 13.2 Å². The molecule has 7 heteroatoms. The van der Waals surface area contributed by atoms with Gasteiger partial charge in [-0.05, 0) is 23.8 Å². The first kappa shape index (κ1) is 18.7. The second kappa shape index (κ2) is 7.43. The SMILES string of the molecule is C=CCNc1ncnc2c1c(-c1ccccc1)cn2-c1cccc(C(F)(F)F)c1. The molecule has 0 aliphatic rings. The van der Waals surface area contributed by atoms with Gasteiger partial charge >= 0.3 is 6.18 Å². The Hall–Kier alpha value is -3.61. The van der Waals surface area contributed by atoms with E-state index in [1.165, 1.54) is 12.4 Å². The first-order chi connectivity index (χ1) is 14.0. The fourth-order valence-corrected chi connectivity index (χ4v) is 3.23. The smallest absolute Gasteiger partial charge is 0.366 e. The highest BCUT2D eigenvalue weighted by molar-refractivity contribution is 6.02. The van der Waals surface area contributed by atoms with Crippen LogP contribution in [0.25, 0.3) is 27.8 Å². The van der Waals surface area contributed by atoms with Gasteiger partial charge in [0.15, 0.2) is 5.65 Å². The van der Waals surface area contributed by atoms with Crippen LogP contribution in [0, 0.1) is 0 Å². The van der Waals surface area contributed by atoms with Gasteiger partial charge in [0, 0.05) is 24.0 Å². The topological polar surface area (TPSA) is 42.7 Å². The van der Waals surface area contributed by atoms with E-state index in [0.717, 1.165) is 28.6 Å². The molecular formula is C22H17F3N4. The normalized spacial score (nSPS) is 11.6. The number of nitrogens with zero attached hydrogens (tertiary/aromatic N) is 3. The van der Waals surface area contributed by atoms with Crippen molar-refractivity contribution in [3.05, 3.63) is 85.3 Å². The van der Waals surface area contributed by atoms with Crippen molar-refractivity contribution in [3.63, 3.8) is 0 Å². The Morgan fingerprint density at radius 1 is 1.03 bits per heavy atom. The molecule has 4 aromatic rings. The third kappa shape index (κ3) is 3.59. The second-order valence-corrected chi connectivity index (χ2v) is 6.42. The van der Waals surface area contributed by atoms with Crippen LogP contribution < -0.4 is 5.32 Å². The number of nitrogens with one attached hydrogen (secondary N) is 1. The maximum atomic E-state index is 13.2. The minimum absolute atomic E-state index is 0.375. The fraction of sp³-hybridized carbons (Fsp3) is 0.0909. The summed E-state index contributed by atoms with van der Waals surface area (Å²) in [6.07, 6.45) is 0.475. The van der Waals surface area contributed by atoms with Crippen LogP contribution in [0.4, 0.5) is 19.0 Å². The molecule has 0 bridgehead atoms. The van der Waals surface area contributed by atoms with Crippen LogP contribution in [0.3, 0.4) is 0 Å². The van der Waals surface area contributed by atoms with Gasteiger partial charge in [0.05, 0.1) is 10.9 Å². The van der Waals surface area contributed by atoms with E-state index in [1.54, 1.807) is 22.9 Å². The summed E-state index contributed by atoms with van der Waals surface area (Å²) in [6.45, 7) is 4.20. The molecule has 0 spiro atoms. The quantitative estimate of drug-likeness (QED) is 0.441. The summed E-state index contributed by atoms with van der Waals surface area (Å²) in [5, 5.41) is 3.92. The molecule has 1 N–H and O–H groups in total. The number of hydrogen-bond donors (Lipinski definition) is 1. The van der Waals surface area contributed by atoms with Crippen LogP contribution in [-0.2, 0) is 6.18 Å². The van der Waals surface area contributed by atoms with Crippen LogP contribution in [0.5, 0.6) is 0 Å². The van der Waals surface area contributed by atoms with E-state index in [1.807, 2.05) is 30.3 Å². The molecular weight excluding hydrogens is 377 g/mol. The van der Waals surface area contributed by atoms with E-state index in [2.05, 4.69) is 21.9 Å². The molecule has 0 aliphatic carbocycles. The summed E-state index contributed by atoms with van der Waals surface area (Å²) < 4.78 is 41.3. The van der Waals surface area contributed by atoms with Crippen molar-refractivity contribution >= 4 is 16.9 Å². The van der Waals surface area contributed by atoms with E-state index in [9.17, 15) is 13.2 Å². The first-order valence-electron chi connectivity index (χ1n) is 8.93. The summed E-state index contributed by atoms with van der Waals surface area (Å²) in [7, 11) is 0. The number of fused-ring (bicyclic) bond motifs is 1. The van der Waals surface area contributed by atoms with Crippen molar-refractivity contribution in [2.45, 2.75) is 6.18 Å². The zero-order valence-corrected chi connectivity index (χ0v) is 15.3. The Morgan fingerprint density at radius 2 is 1.83 bits per heavy atom. The molecule has 0 aliphatic heterocycles. The van der Waals surface area contributed by atoms with E-state index in [4.69, 9.17) is 0 Å². The van der Waals surface area contributed by atoms with Crippen LogP contribution in [0.1, 0.15) is 5.56 Å². The van der Waals surface area contributed by atoms with Crippen LogP contribution in [-0.4, -0.2) is 21.1 Å². The minimum atomic E-state index is -4.42. The van der Waals surface area contributed by atoms with Gasteiger partial charge < -0.3 is 9.88 Å². The van der Waals surface area contributed by atoms with E-state index in [-0.39, 0.29) is 0 Å². The van der Waals surface area contributed by atoms with Gasteiger partial charge in [0.25, 0.3) is 0 Å². The standard InChI is InChI=1S/C22H17F3N4/c1-2-11-26-20-19-18(15-7-4-3-5-8-15)13-29(21(19)28-14-27-20)17-10-6-9-16(12-17)22(23,24)25/h2-10,12-14H,1,11H2,(H,26,27,28). The Morgan fingerprint density at radius 3 is 2.55 bits per heavy atom. The molecule has 2 aromatic carbocycles. The number of rotatable bonds is 5. The molecule has 29 heavy (non-hydrogen) atoms. The van der Waals surface area contributed by atoms with Crippen molar-refractivity contribution in [3.8, 4) is 16.8 Å². The fourth-order valence-electron chi connectivity index (χ4n) is 3.23. The Balaban J connectivity index is 1.98. The van der Waals surface area contributed by atoms with Gasteiger partial charge in [-0.1, -0.05) is 42.5 Å². The molecule has 0 radical (unpaired) electrons. The molecule has 0 amide bonds. The third-order valence-corrected chi connectivity index (χ3v) is 4.53. The van der Waals surface area contributed by atoms with Gasteiger partial charge in [-0.15, -0.1) is 6.58 Å². The summed E-state index contributed by atoms with van der Waals surface area (Å²) in [4.78, 5) is 8.70. The zero-order valence-electron chi connectivity index (χ0n) is 15.3. The van der Waals surface area contributed by atoms with Crippen molar-refractivity contribution in [1.82, 2.24) is 14.5 Å². The molecule has 2 heterocycles. The molecule has 4 rings (SSSR count). The summed E-state index contributed by atoms with van der Waals surface area (Å²) >= 11 is 0. The van der Waals surface area contributed by atoms with Gasteiger partial charge in [0.1, 0.15) is 12.1 Å². The minimum Gasteiger partial charge on any atom is -0.366 e. The summed E-state index contributed by atoms with van der Waals surface area (Å²) in [5.41, 5.74) is 1.92. The Kier molecular flexibility index (Phi) is 4.80. The number of alkyl halides is 3. The lowest BCUT2D eigenvalue weighted by Gasteiger charge is -2.10. The van der Waals surface area contributed by atoms with Gasteiger partial charge in [0.2, 0.25) is 0 Å². The maximum Gasteiger partial charge on any atom is 0.416 e. The van der Waals surface area contributed by atoms with E-state index in [0.29, 0.717) is 23.7 Å². The third-order valence-electron chi connectivity index (χ3n) is 4.53. The number of halogens is 3. The highest BCUT2D eigenvalue weighted by atomic mass is 19.4. The van der Waals surface area contributed by atoms with Crippen molar-refractivity contribution in [1.29, 1.82) is 0 Å². The highest BCUT2D eigenvalue weighted by Gasteiger charge is 2.30. The average Bonchev–Trinajstić information content (AvgIpc) is 3.13. The lowest BCUT2D eigenvalue weighted by atomic mass is 10.1. The molecule has 2 aromatic heterocycles. The lowest BCUT2D eigenvalue weighted by molar-refractivity contribution is -0.137. The largest absolute Gasteiger partial charge is 0.416 e.